The van der Waals surface area contributed by atoms with Gasteiger partial charge in [-0.2, -0.15) is 5.26 Å². The van der Waals surface area contributed by atoms with Crippen LogP contribution in [0.15, 0.2) is 0 Å². The zero-order valence-electron chi connectivity index (χ0n) is 7.40. The van der Waals surface area contributed by atoms with Crippen LogP contribution in [-0.2, 0) is 4.74 Å². The molecule has 1 amide bonds. The van der Waals surface area contributed by atoms with Gasteiger partial charge in [-0.15, -0.1) is 0 Å². The van der Waals surface area contributed by atoms with Gasteiger partial charge in [-0.1, -0.05) is 0 Å². The summed E-state index contributed by atoms with van der Waals surface area (Å²) in [5.41, 5.74) is 0. The highest BCUT2D eigenvalue weighted by molar-refractivity contribution is 8.03. The number of ether oxygens (including phenoxy) is 1. The van der Waals surface area contributed by atoms with Gasteiger partial charge in [0.2, 0.25) is 0 Å². The molecule has 0 aliphatic rings. The average molecular weight is 188 g/mol. The third-order valence-electron chi connectivity index (χ3n) is 1.05. The molecule has 4 nitrogen and oxygen atoms in total. The molecule has 0 rings (SSSR count). The molecule has 0 saturated heterocycles. The van der Waals surface area contributed by atoms with Crippen LogP contribution in [0, 0.1) is 10.7 Å². The number of rotatable bonds is 3. The van der Waals surface area contributed by atoms with Gasteiger partial charge < -0.3 is 9.64 Å². The molecular weight excluding hydrogens is 176 g/mol. The van der Waals surface area contributed by atoms with Gasteiger partial charge in [-0.25, -0.2) is 4.79 Å². The molecule has 0 fully saturated rings. The van der Waals surface area contributed by atoms with Gasteiger partial charge in [-0.3, -0.25) is 0 Å². The van der Waals surface area contributed by atoms with Crippen molar-refractivity contribution in [1.82, 2.24) is 4.90 Å². The zero-order valence-corrected chi connectivity index (χ0v) is 8.22. The molecule has 0 aromatic heterocycles. The quantitative estimate of drug-likeness (QED) is 0.626. The van der Waals surface area contributed by atoms with Crippen molar-refractivity contribution in [3.05, 3.63) is 0 Å². The summed E-state index contributed by atoms with van der Waals surface area (Å²) in [7, 11) is 3.24. The Morgan fingerprint density at radius 2 is 2.33 bits per heavy atom. The third kappa shape index (κ3) is 4.85. The van der Waals surface area contributed by atoms with Gasteiger partial charge >= 0.3 is 6.09 Å². The number of nitriles is 1. The minimum absolute atomic E-state index is 0.218. The van der Waals surface area contributed by atoms with Gasteiger partial charge in [0.25, 0.3) is 0 Å². The van der Waals surface area contributed by atoms with Crippen molar-refractivity contribution in [3.8, 4) is 5.40 Å². The van der Waals surface area contributed by atoms with E-state index in [2.05, 4.69) is 0 Å². The molecule has 0 spiro atoms. The summed E-state index contributed by atoms with van der Waals surface area (Å²) in [6, 6.07) is 0. The maximum atomic E-state index is 10.9. The summed E-state index contributed by atoms with van der Waals surface area (Å²) in [6.45, 7) is 1.76. The Kier molecular flexibility index (Phi) is 5.30. The zero-order chi connectivity index (χ0) is 9.56. The Morgan fingerprint density at radius 1 is 1.75 bits per heavy atom. The summed E-state index contributed by atoms with van der Waals surface area (Å²) < 4.78 is 4.93. The number of amides is 1. The standard InChI is InChI=1S/C7H12N2O2S/c1-6(4-12-5-8)11-7(10)9(2)3/h6H,4H2,1-3H3. The summed E-state index contributed by atoms with van der Waals surface area (Å²) in [4.78, 5) is 12.3. The van der Waals surface area contributed by atoms with Crippen LogP contribution in [0.1, 0.15) is 6.92 Å². The molecule has 0 aliphatic carbocycles. The van der Waals surface area contributed by atoms with E-state index in [0.717, 1.165) is 11.8 Å². The Morgan fingerprint density at radius 3 is 2.75 bits per heavy atom. The molecule has 12 heavy (non-hydrogen) atoms. The molecule has 0 aromatic rings. The fourth-order valence-electron chi connectivity index (χ4n) is 0.466. The average Bonchev–Trinajstić information content (AvgIpc) is 2.00. The minimum atomic E-state index is -0.374. The van der Waals surface area contributed by atoms with Crippen molar-refractivity contribution in [2.24, 2.45) is 0 Å². The highest BCUT2D eigenvalue weighted by atomic mass is 32.2. The summed E-state index contributed by atoms with van der Waals surface area (Å²) in [6.07, 6.45) is -0.592. The van der Waals surface area contributed by atoms with Crippen LogP contribution < -0.4 is 0 Å². The van der Waals surface area contributed by atoms with Crippen LogP contribution in [0.3, 0.4) is 0 Å². The van der Waals surface area contributed by atoms with E-state index in [0.29, 0.717) is 5.75 Å². The van der Waals surface area contributed by atoms with Crippen molar-refractivity contribution < 1.29 is 9.53 Å². The van der Waals surface area contributed by atoms with Crippen LogP contribution >= 0.6 is 11.8 Å². The fourth-order valence-corrected chi connectivity index (χ4v) is 0.843. The molecule has 5 heteroatoms. The molecule has 0 aromatic carbocycles. The first kappa shape index (κ1) is 11.1. The van der Waals surface area contributed by atoms with Crippen LogP contribution in [-0.4, -0.2) is 36.9 Å². The van der Waals surface area contributed by atoms with E-state index in [4.69, 9.17) is 10.00 Å². The van der Waals surface area contributed by atoms with Crippen molar-refractivity contribution in [1.29, 1.82) is 5.26 Å². The van der Waals surface area contributed by atoms with Crippen LogP contribution in [0.2, 0.25) is 0 Å². The van der Waals surface area contributed by atoms with Crippen LogP contribution in [0.4, 0.5) is 4.79 Å². The Hall–Kier alpha value is -0.890. The van der Waals surface area contributed by atoms with Gasteiger partial charge in [-0.05, 0) is 18.7 Å². The van der Waals surface area contributed by atoms with E-state index in [9.17, 15) is 4.79 Å². The first-order valence-corrected chi connectivity index (χ1v) is 4.45. The lowest BCUT2D eigenvalue weighted by atomic mass is 10.5. The second-order valence-electron chi connectivity index (χ2n) is 2.49. The summed E-state index contributed by atoms with van der Waals surface area (Å²) in [5, 5.41) is 10.1. The van der Waals surface area contributed by atoms with Crippen molar-refractivity contribution >= 4 is 17.9 Å². The van der Waals surface area contributed by atoms with Crippen molar-refractivity contribution in [3.63, 3.8) is 0 Å². The molecule has 0 aliphatic heterocycles. The molecule has 68 valence electrons. The molecule has 0 bridgehead atoms. The van der Waals surface area contributed by atoms with Gasteiger partial charge in [0, 0.05) is 19.8 Å². The van der Waals surface area contributed by atoms with E-state index in [-0.39, 0.29) is 12.2 Å². The topological polar surface area (TPSA) is 53.3 Å². The number of thioether (sulfide) groups is 1. The van der Waals surface area contributed by atoms with E-state index in [1.54, 1.807) is 21.0 Å². The molecule has 0 N–H and O–H groups in total. The van der Waals surface area contributed by atoms with Gasteiger partial charge in [0.05, 0.1) is 0 Å². The number of hydrogen-bond donors (Lipinski definition) is 0. The van der Waals surface area contributed by atoms with Crippen molar-refractivity contribution in [2.75, 3.05) is 19.8 Å². The first-order valence-electron chi connectivity index (χ1n) is 3.46. The van der Waals surface area contributed by atoms with Gasteiger partial charge in [0.15, 0.2) is 0 Å². The summed E-state index contributed by atoms with van der Waals surface area (Å²) >= 11 is 1.08. The lowest BCUT2D eigenvalue weighted by Crippen LogP contribution is -2.27. The van der Waals surface area contributed by atoms with Crippen LogP contribution in [0.25, 0.3) is 0 Å². The fraction of sp³-hybridized carbons (Fsp3) is 0.714. The smallest absolute Gasteiger partial charge is 0.409 e. The molecular formula is C7H12N2O2S. The maximum Gasteiger partial charge on any atom is 0.409 e. The number of carbonyl (C=O) groups excluding carboxylic acids is 1. The number of carbonyl (C=O) groups is 1. The molecule has 0 radical (unpaired) electrons. The second kappa shape index (κ2) is 5.72. The monoisotopic (exact) mass is 188 g/mol. The van der Waals surface area contributed by atoms with E-state index >= 15 is 0 Å². The third-order valence-corrected chi connectivity index (χ3v) is 1.81. The lowest BCUT2D eigenvalue weighted by molar-refractivity contribution is 0.0922. The molecule has 1 unspecified atom stereocenters. The number of nitrogens with zero attached hydrogens (tertiary/aromatic N) is 2. The second-order valence-corrected chi connectivity index (χ2v) is 3.30. The number of hydrogen-bond acceptors (Lipinski definition) is 4. The largest absolute Gasteiger partial charge is 0.445 e. The first-order chi connectivity index (χ1) is 5.57. The predicted molar refractivity (Wildman–Crippen MR) is 47.7 cm³/mol. The van der Waals surface area contributed by atoms with E-state index < -0.39 is 0 Å². The molecule has 0 saturated carbocycles. The molecule has 1 atom stereocenters. The summed E-state index contributed by atoms with van der Waals surface area (Å²) in [5.74, 6) is 0.510. The SMILES string of the molecule is CC(CSC#N)OC(=O)N(C)C. The van der Waals surface area contributed by atoms with Gasteiger partial charge in [0.1, 0.15) is 11.5 Å². The lowest BCUT2D eigenvalue weighted by Gasteiger charge is -2.15. The van der Waals surface area contributed by atoms with E-state index in [1.165, 1.54) is 4.90 Å². The maximum absolute atomic E-state index is 10.9. The number of thiocyanates is 1. The normalized spacial score (nSPS) is 11.5. The Balaban J connectivity index is 3.63. The molecule has 0 heterocycles. The van der Waals surface area contributed by atoms with Crippen molar-refractivity contribution in [2.45, 2.75) is 13.0 Å². The predicted octanol–water partition coefficient (Wildman–Crippen LogP) is 1.29. The highest BCUT2D eigenvalue weighted by Crippen LogP contribution is 2.04. The minimum Gasteiger partial charge on any atom is -0.445 e. The van der Waals surface area contributed by atoms with E-state index in [1.807, 2.05) is 5.40 Å². The highest BCUT2D eigenvalue weighted by Gasteiger charge is 2.10. The Bertz CT molecular complexity index is 188. The van der Waals surface area contributed by atoms with Crippen LogP contribution in [0.5, 0.6) is 0 Å². The Labute approximate surface area is 76.5 Å².